The number of nitrogens with one attached hydrogen (secondary N) is 1. The van der Waals surface area contributed by atoms with E-state index in [9.17, 15) is 4.79 Å². The molecule has 0 spiro atoms. The minimum atomic E-state index is -0.0927. The third-order valence-corrected chi connectivity index (χ3v) is 3.65. The van der Waals surface area contributed by atoms with Crippen LogP contribution in [0.2, 0.25) is 5.02 Å². The second-order valence-electron chi connectivity index (χ2n) is 4.91. The first-order chi connectivity index (χ1) is 9.19. The fourth-order valence-corrected chi connectivity index (χ4v) is 2.63. The molecule has 0 saturated carbocycles. The van der Waals surface area contributed by atoms with E-state index in [-0.39, 0.29) is 12.6 Å². The van der Waals surface area contributed by atoms with Gasteiger partial charge < -0.3 is 15.3 Å². The van der Waals surface area contributed by atoms with Crippen LogP contribution >= 0.6 is 11.6 Å². The van der Waals surface area contributed by atoms with Crippen LogP contribution in [0, 0.1) is 5.92 Å². The predicted molar refractivity (Wildman–Crippen MR) is 76.5 cm³/mol. The highest BCUT2D eigenvalue weighted by atomic mass is 35.5. The summed E-state index contributed by atoms with van der Waals surface area (Å²) in [5.74, 6) is 0.406. The van der Waals surface area contributed by atoms with Crippen LogP contribution in [-0.4, -0.2) is 35.7 Å². The number of hydrogen-bond donors (Lipinski definition) is 2. The smallest absolute Gasteiger partial charge is 0.321 e. The summed E-state index contributed by atoms with van der Waals surface area (Å²) in [4.78, 5) is 13.9. The standard InChI is InChI=1S/C14H19ClN2O2/c15-12-4-1-5-13(9-12)16-14(19)17-7-2-3-11(10-17)6-8-18/h1,4-5,9,11,18H,2-3,6-8,10H2,(H,16,19). The van der Waals surface area contributed by atoms with E-state index in [0.29, 0.717) is 23.2 Å². The van der Waals surface area contributed by atoms with Gasteiger partial charge in [-0.3, -0.25) is 0 Å². The normalized spacial score (nSPS) is 19.3. The number of nitrogens with zero attached hydrogens (tertiary/aromatic N) is 1. The molecular formula is C14H19ClN2O2. The van der Waals surface area contributed by atoms with Crippen LogP contribution in [0.1, 0.15) is 19.3 Å². The van der Waals surface area contributed by atoms with Crippen molar-refractivity contribution in [1.29, 1.82) is 0 Å². The molecule has 2 N–H and O–H groups in total. The van der Waals surface area contributed by atoms with Gasteiger partial charge in [0.05, 0.1) is 0 Å². The maximum atomic E-state index is 12.1. The molecule has 0 bridgehead atoms. The monoisotopic (exact) mass is 282 g/mol. The maximum Gasteiger partial charge on any atom is 0.321 e. The number of aliphatic hydroxyl groups excluding tert-OH is 1. The number of anilines is 1. The van der Waals surface area contributed by atoms with Gasteiger partial charge in [-0.2, -0.15) is 0 Å². The van der Waals surface area contributed by atoms with E-state index in [1.807, 2.05) is 17.0 Å². The van der Waals surface area contributed by atoms with Crippen molar-refractivity contribution >= 4 is 23.3 Å². The molecular weight excluding hydrogens is 264 g/mol. The van der Waals surface area contributed by atoms with Crippen molar-refractivity contribution in [2.75, 3.05) is 25.0 Å². The summed E-state index contributed by atoms with van der Waals surface area (Å²) < 4.78 is 0. The number of rotatable bonds is 3. The molecule has 5 heteroatoms. The topological polar surface area (TPSA) is 52.6 Å². The number of hydrogen-bond acceptors (Lipinski definition) is 2. The first-order valence-corrected chi connectivity index (χ1v) is 6.99. The summed E-state index contributed by atoms with van der Waals surface area (Å²) in [5.41, 5.74) is 0.710. The second kappa shape index (κ2) is 6.78. The van der Waals surface area contributed by atoms with Crippen LogP contribution in [0.4, 0.5) is 10.5 Å². The lowest BCUT2D eigenvalue weighted by atomic mass is 9.95. The second-order valence-corrected chi connectivity index (χ2v) is 5.34. The molecule has 1 aliphatic heterocycles. The van der Waals surface area contributed by atoms with Crippen molar-refractivity contribution < 1.29 is 9.90 Å². The highest BCUT2D eigenvalue weighted by molar-refractivity contribution is 6.30. The fraction of sp³-hybridized carbons (Fsp3) is 0.500. The van der Waals surface area contributed by atoms with Crippen molar-refractivity contribution in [3.63, 3.8) is 0 Å². The Morgan fingerprint density at radius 2 is 2.37 bits per heavy atom. The molecule has 1 saturated heterocycles. The van der Waals surface area contributed by atoms with Crippen LogP contribution in [0.15, 0.2) is 24.3 Å². The molecule has 2 rings (SSSR count). The van der Waals surface area contributed by atoms with Crippen molar-refractivity contribution in [2.24, 2.45) is 5.92 Å². The molecule has 1 heterocycles. The zero-order valence-electron chi connectivity index (χ0n) is 10.8. The number of carbonyl (C=O) groups is 1. The zero-order valence-corrected chi connectivity index (χ0v) is 11.6. The van der Waals surface area contributed by atoms with E-state index in [2.05, 4.69) is 5.32 Å². The predicted octanol–water partition coefficient (Wildman–Crippen LogP) is 2.97. The molecule has 19 heavy (non-hydrogen) atoms. The lowest BCUT2D eigenvalue weighted by molar-refractivity contribution is 0.159. The van der Waals surface area contributed by atoms with Gasteiger partial charge in [-0.05, 0) is 43.4 Å². The van der Waals surface area contributed by atoms with E-state index in [1.54, 1.807) is 12.1 Å². The minimum absolute atomic E-state index is 0.0927. The van der Waals surface area contributed by atoms with Gasteiger partial charge in [0.1, 0.15) is 0 Å². The quantitative estimate of drug-likeness (QED) is 0.895. The number of carbonyl (C=O) groups excluding carboxylic acids is 1. The van der Waals surface area contributed by atoms with Crippen molar-refractivity contribution in [3.8, 4) is 0 Å². The lowest BCUT2D eigenvalue weighted by Crippen LogP contribution is -2.42. The fourth-order valence-electron chi connectivity index (χ4n) is 2.44. The van der Waals surface area contributed by atoms with Gasteiger partial charge in [-0.15, -0.1) is 0 Å². The largest absolute Gasteiger partial charge is 0.396 e. The van der Waals surface area contributed by atoms with Crippen LogP contribution < -0.4 is 5.32 Å². The minimum Gasteiger partial charge on any atom is -0.396 e. The number of amides is 2. The van der Waals surface area contributed by atoms with Crippen LogP contribution in [0.5, 0.6) is 0 Å². The summed E-state index contributed by atoms with van der Waals surface area (Å²) in [5, 5.41) is 12.4. The van der Waals surface area contributed by atoms with Gasteiger partial charge in [-0.25, -0.2) is 4.79 Å². The van der Waals surface area contributed by atoms with Crippen molar-refractivity contribution in [1.82, 2.24) is 4.90 Å². The Bertz CT molecular complexity index is 437. The van der Waals surface area contributed by atoms with E-state index < -0.39 is 0 Å². The molecule has 4 nitrogen and oxygen atoms in total. The number of halogens is 1. The molecule has 1 unspecified atom stereocenters. The van der Waals surface area contributed by atoms with Gasteiger partial charge >= 0.3 is 6.03 Å². The van der Waals surface area contributed by atoms with E-state index in [4.69, 9.17) is 16.7 Å². The van der Waals surface area contributed by atoms with Crippen LogP contribution in [0.25, 0.3) is 0 Å². The molecule has 0 aliphatic carbocycles. The summed E-state index contributed by atoms with van der Waals surface area (Å²) in [7, 11) is 0. The number of benzene rings is 1. The number of likely N-dealkylation sites (tertiary alicyclic amines) is 1. The molecule has 1 aromatic rings. The summed E-state index contributed by atoms with van der Waals surface area (Å²) >= 11 is 5.89. The SMILES string of the molecule is O=C(Nc1cccc(Cl)c1)N1CCCC(CCO)C1. The summed E-state index contributed by atoms with van der Waals surface area (Å²) in [6.07, 6.45) is 2.84. The van der Waals surface area contributed by atoms with Gasteiger partial charge in [0, 0.05) is 30.4 Å². The molecule has 1 fully saturated rings. The molecule has 1 aliphatic rings. The third kappa shape index (κ3) is 4.11. The van der Waals surface area contributed by atoms with E-state index >= 15 is 0 Å². The summed E-state index contributed by atoms with van der Waals surface area (Å²) in [6, 6.07) is 7.04. The van der Waals surface area contributed by atoms with Crippen LogP contribution in [-0.2, 0) is 0 Å². The molecule has 2 amide bonds. The average Bonchev–Trinajstić information content (AvgIpc) is 2.39. The van der Waals surface area contributed by atoms with Crippen LogP contribution in [0.3, 0.4) is 0 Å². The maximum absolute atomic E-state index is 12.1. The van der Waals surface area contributed by atoms with Gasteiger partial charge in [-0.1, -0.05) is 17.7 Å². The van der Waals surface area contributed by atoms with E-state index in [0.717, 1.165) is 25.8 Å². The van der Waals surface area contributed by atoms with Crippen molar-refractivity contribution in [2.45, 2.75) is 19.3 Å². The highest BCUT2D eigenvalue weighted by Gasteiger charge is 2.23. The van der Waals surface area contributed by atoms with E-state index in [1.165, 1.54) is 0 Å². The number of aliphatic hydroxyl groups is 1. The number of piperidine rings is 1. The Hall–Kier alpha value is -1.26. The Morgan fingerprint density at radius 3 is 3.11 bits per heavy atom. The van der Waals surface area contributed by atoms with Crippen molar-refractivity contribution in [3.05, 3.63) is 29.3 Å². The molecule has 104 valence electrons. The Morgan fingerprint density at radius 1 is 1.53 bits per heavy atom. The van der Waals surface area contributed by atoms with Gasteiger partial charge in [0.2, 0.25) is 0 Å². The third-order valence-electron chi connectivity index (χ3n) is 3.42. The number of urea groups is 1. The first kappa shape index (κ1) is 14.2. The molecule has 1 atom stereocenters. The zero-order chi connectivity index (χ0) is 13.7. The van der Waals surface area contributed by atoms with Gasteiger partial charge in [0.15, 0.2) is 0 Å². The summed E-state index contributed by atoms with van der Waals surface area (Å²) in [6.45, 7) is 1.68. The Balaban J connectivity index is 1.92. The first-order valence-electron chi connectivity index (χ1n) is 6.61. The molecule has 0 aromatic heterocycles. The van der Waals surface area contributed by atoms with Gasteiger partial charge in [0.25, 0.3) is 0 Å². The lowest BCUT2D eigenvalue weighted by Gasteiger charge is -2.32. The average molecular weight is 283 g/mol. The Labute approximate surface area is 118 Å². The highest BCUT2D eigenvalue weighted by Crippen LogP contribution is 2.21. The molecule has 1 aromatic carbocycles. The molecule has 0 radical (unpaired) electrons. The Kier molecular flexibility index (Phi) is 5.05.